The highest BCUT2D eigenvalue weighted by Gasteiger charge is 2.19. The van der Waals surface area contributed by atoms with Crippen LogP contribution < -0.4 is 4.80 Å². The number of hydrogen-bond donors (Lipinski definition) is 1. The van der Waals surface area contributed by atoms with Gasteiger partial charge >= 0.3 is 0 Å². The Balaban J connectivity index is 2.02. The molecule has 1 N–H and O–H groups in total. The van der Waals surface area contributed by atoms with Crippen LogP contribution in [0.3, 0.4) is 0 Å². The highest BCUT2D eigenvalue weighted by Crippen LogP contribution is 2.24. The van der Waals surface area contributed by atoms with E-state index in [2.05, 4.69) is 27.0 Å². The van der Waals surface area contributed by atoms with E-state index >= 15 is 0 Å². The van der Waals surface area contributed by atoms with Crippen LogP contribution >= 0.6 is 11.3 Å². The van der Waals surface area contributed by atoms with Crippen LogP contribution in [0.1, 0.15) is 44.9 Å². The summed E-state index contributed by atoms with van der Waals surface area (Å²) in [5.74, 6) is 0.268. The molecule has 2 rings (SSSR count). The van der Waals surface area contributed by atoms with Crippen LogP contribution in [0, 0.1) is 5.41 Å². The lowest BCUT2D eigenvalue weighted by atomic mass is 9.95. The largest absolute Gasteiger partial charge is 0.341 e. The van der Waals surface area contributed by atoms with Gasteiger partial charge in [-0.05, 0) is 18.3 Å². The molecule has 1 aliphatic rings. The molecule has 0 saturated carbocycles. The number of carbonyl (C=O) groups is 1. The summed E-state index contributed by atoms with van der Waals surface area (Å²) in [6, 6.07) is 0. The number of nitrogens with one attached hydrogen (secondary N) is 1. The minimum Gasteiger partial charge on any atom is -0.341 e. The molecular formula is C14H23N3OS. The summed E-state index contributed by atoms with van der Waals surface area (Å²) in [7, 11) is 0. The van der Waals surface area contributed by atoms with Gasteiger partial charge in [-0.2, -0.15) is 0 Å². The molecule has 0 spiro atoms. The molecule has 0 bridgehead atoms. The average molecular weight is 281 g/mol. The van der Waals surface area contributed by atoms with Crippen molar-refractivity contribution in [3.63, 3.8) is 0 Å². The van der Waals surface area contributed by atoms with Gasteiger partial charge in [-0.3, -0.25) is 10.2 Å². The molecule has 1 aromatic rings. The Morgan fingerprint density at radius 2 is 2.05 bits per heavy atom. The number of hydrogen-bond acceptors (Lipinski definition) is 3. The van der Waals surface area contributed by atoms with Crippen molar-refractivity contribution in [3.8, 4) is 0 Å². The molecule has 106 valence electrons. The second kappa shape index (κ2) is 5.49. The maximum Gasteiger partial charge on any atom is 0.222 e. The van der Waals surface area contributed by atoms with Gasteiger partial charge in [-0.25, -0.2) is 0 Å². The summed E-state index contributed by atoms with van der Waals surface area (Å²) in [6.07, 6.45) is 4.90. The predicted molar refractivity (Wildman–Crippen MR) is 77.3 cm³/mol. The highest BCUT2D eigenvalue weighted by molar-refractivity contribution is 7.09. The van der Waals surface area contributed by atoms with E-state index in [1.54, 1.807) is 0 Å². The molecule has 0 unspecified atom stereocenters. The van der Waals surface area contributed by atoms with Gasteiger partial charge in [0.25, 0.3) is 0 Å². The fourth-order valence-corrected chi connectivity index (χ4v) is 3.18. The van der Waals surface area contributed by atoms with E-state index in [9.17, 15) is 4.79 Å². The van der Waals surface area contributed by atoms with Gasteiger partial charge in [0.05, 0.1) is 0 Å². The summed E-state index contributed by atoms with van der Waals surface area (Å²) in [6.45, 7) is 8.83. The van der Waals surface area contributed by atoms with Crippen LogP contribution in [0.25, 0.3) is 0 Å². The second-order valence-electron chi connectivity index (χ2n) is 6.18. The SMILES string of the molecule is CC(C)(C)c1cn(CCN2CCCCC2=O)c(=N)s1. The topological polar surface area (TPSA) is 49.1 Å². The zero-order valence-electron chi connectivity index (χ0n) is 12.0. The molecule has 1 amide bonds. The number of piperidine rings is 1. The quantitative estimate of drug-likeness (QED) is 0.908. The first-order chi connectivity index (χ1) is 8.88. The first kappa shape index (κ1) is 14.3. The molecule has 0 aliphatic carbocycles. The van der Waals surface area contributed by atoms with Crippen LogP contribution in [-0.2, 0) is 16.8 Å². The van der Waals surface area contributed by atoms with Gasteiger partial charge in [0.2, 0.25) is 5.91 Å². The van der Waals surface area contributed by atoms with E-state index in [4.69, 9.17) is 5.41 Å². The number of rotatable bonds is 3. The molecule has 2 heterocycles. The summed E-state index contributed by atoms with van der Waals surface area (Å²) in [5, 5.41) is 8.02. The monoisotopic (exact) mass is 281 g/mol. The standard InChI is InChI=1S/C14H23N3OS/c1-14(2,3)11-10-17(13(15)19-11)9-8-16-7-5-4-6-12(16)18/h10,15H,4-9H2,1-3H3. The van der Waals surface area contributed by atoms with Gasteiger partial charge in [-0.15, -0.1) is 11.3 Å². The van der Waals surface area contributed by atoms with Gasteiger partial charge < -0.3 is 9.47 Å². The molecule has 4 nitrogen and oxygen atoms in total. The molecule has 1 saturated heterocycles. The minimum absolute atomic E-state index is 0.0899. The first-order valence-corrected chi connectivity index (χ1v) is 7.73. The van der Waals surface area contributed by atoms with Crippen LogP contribution in [0.4, 0.5) is 0 Å². The lowest BCUT2D eigenvalue weighted by molar-refractivity contribution is -0.133. The van der Waals surface area contributed by atoms with E-state index in [1.165, 1.54) is 16.2 Å². The van der Waals surface area contributed by atoms with Gasteiger partial charge in [0.15, 0.2) is 4.80 Å². The van der Waals surface area contributed by atoms with E-state index in [0.717, 1.165) is 32.5 Å². The highest BCUT2D eigenvalue weighted by atomic mass is 32.1. The van der Waals surface area contributed by atoms with E-state index < -0.39 is 0 Å². The van der Waals surface area contributed by atoms with Gasteiger partial charge in [0, 0.05) is 37.1 Å². The Morgan fingerprint density at radius 3 is 2.63 bits per heavy atom. The smallest absolute Gasteiger partial charge is 0.222 e. The normalized spacial score (nSPS) is 17.0. The van der Waals surface area contributed by atoms with Crippen molar-refractivity contribution in [2.75, 3.05) is 13.1 Å². The van der Waals surface area contributed by atoms with E-state index in [1.807, 2.05) is 9.47 Å². The molecular weight excluding hydrogens is 258 g/mol. The van der Waals surface area contributed by atoms with Crippen LogP contribution in [0.15, 0.2) is 6.20 Å². The molecule has 1 aromatic heterocycles. The third-order valence-corrected chi connectivity index (χ3v) is 4.88. The lowest BCUT2D eigenvalue weighted by Gasteiger charge is -2.26. The number of nitrogens with zero attached hydrogens (tertiary/aromatic N) is 2. The fourth-order valence-electron chi connectivity index (χ4n) is 2.23. The maximum atomic E-state index is 11.7. The number of carbonyl (C=O) groups excluding carboxylic acids is 1. The van der Waals surface area contributed by atoms with Crippen molar-refractivity contribution in [1.29, 1.82) is 5.41 Å². The van der Waals surface area contributed by atoms with Crippen LogP contribution in [0.5, 0.6) is 0 Å². The summed E-state index contributed by atoms with van der Waals surface area (Å²) in [4.78, 5) is 15.5. The molecule has 19 heavy (non-hydrogen) atoms. The molecule has 0 radical (unpaired) electrons. The summed E-state index contributed by atoms with van der Waals surface area (Å²) in [5.41, 5.74) is 0.0899. The predicted octanol–water partition coefficient (Wildman–Crippen LogP) is 2.34. The Labute approximate surface area is 118 Å². The lowest BCUT2D eigenvalue weighted by Crippen LogP contribution is -2.38. The van der Waals surface area contributed by atoms with Crippen molar-refractivity contribution in [1.82, 2.24) is 9.47 Å². The Morgan fingerprint density at radius 1 is 1.32 bits per heavy atom. The summed E-state index contributed by atoms with van der Waals surface area (Å²) < 4.78 is 1.97. The van der Waals surface area contributed by atoms with E-state index in [0.29, 0.717) is 11.2 Å². The Bertz CT molecular complexity index is 509. The number of aromatic nitrogens is 1. The third kappa shape index (κ3) is 3.47. The van der Waals surface area contributed by atoms with Crippen molar-refractivity contribution < 1.29 is 4.79 Å². The average Bonchev–Trinajstić information content (AvgIpc) is 2.70. The van der Waals surface area contributed by atoms with E-state index in [-0.39, 0.29) is 11.3 Å². The van der Waals surface area contributed by atoms with Crippen molar-refractivity contribution in [3.05, 3.63) is 15.9 Å². The zero-order chi connectivity index (χ0) is 14.0. The van der Waals surface area contributed by atoms with Crippen molar-refractivity contribution >= 4 is 17.2 Å². The maximum absolute atomic E-state index is 11.7. The molecule has 0 atom stereocenters. The summed E-state index contributed by atoms with van der Waals surface area (Å²) >= 11 is 1.53. The Hall–Kier alpha value is -1.10. The first-order valence-electron chi connectivity index (χ1n) is 6.91. The number of amides is 1. The second-order valence-corrected chi connectivity index (χ2v) is 7.21. The van der Waals surface area contributed by atoms with Crippen molar-refractivity contribution in [2.45, 2.75) is 52.0 Å². The van der Waals surface area contributed by atoms with Crippen LogP contribution in [0.2, 0.25) is 0 Å². The van der Waals surface area contributed by atoms with Gasteiger partial charge in [-0.1, -0.05) is 20.8 Å². The number of thiazole rings is 1. The fraction of sp³-hybridized carbons (Fsp3) is 0.714. The minimum atomic E-state index is 0.0899. The van der Waals surface area contributed by atoms with Gasteiger partial charge in [0.1, 0.15) is 0 Å². The third-order valence-electron chi connectivity index (χ3n) is 3.51. The van der Waals surface area contributed by atoms with Crippen LogP contribution in [-0.4, -0.2) is 28.5 Å². The Kier molecular flexibility index (Phi) is 4.13. The molecule has 1 aliphatic heterocycles. The molecule has 0 aromatic carbocycles. The van der Waals surface area contributed by atoms with Crippen molar-refractivity contribution in [2.24, 2.45) is 0 Å². The molecule has 5 heteroatoms. The zero-order valence-corrected chi connectivity index (χ0v) is 12.8. The molecule has 1 fully saturated rings. The number of likely N-dealkylation sites (tertiary alicyclic amines) is 1.